The molecule has 2 aliphatic carbocycles. The van der Waals surface area contributed by atoms with Gasteiger partial charge in [-0.3, -0.25) is 0 Å². The highest BCUT2D eigenvalue weighted by Crippen LogP contribution is 2.31. The van der Waals surface area contributed by atoms with Crippen molar-refractivity contribution in [3.05, 3.63) is 106 Å². The van der Waals surface area contributed by atoms with Crippen LogP contribution in [0.4, 0.5) is 0 Å². The summed E-state index contributed by atoms with van der Waals surface area (Å²) < 4.78 is 0. The van der Waals surface area contributed by atoms with Crippen LogP contribution in [0.25, 0.3) is 0 Å². The molecule has 0 aliphatic heterocycles. The third kappa shape index (κ3) is 9.20. The highest BCUT2D eigenvalue weighted by Gasteiger charge is 2.19. The fraction of sp³-hybridized carbons (Fsp3) is 0.500. The Bertz CT molecular complexity index is 1120. The monoisotopic (exact) mass is 526 g/mol. The smallest absolute Gasteiger partial charge is 0.106 e. The van der Waals surface area contributed by atoms with Crippen LogP contribution in [-0.4, -0.2) is 6.79 Å². The third-order valence-electron chi connectivity index (χ3n) is 9.27. The maximum atomic E-state index is 8.00. The van der Waals surface area contributed by atoms with Crippen molar-refractivity contribution in [1.82, 2.24) is 0 Å². The Morgan fingerprint density at radius 3 is 1.74 bits per heavy atom. The maximum absolute atomic E-state index is 8.00. The van der Waals surface area contributed by atoms with Crippen LogP contribution < -0.4 is 0 Å². The van der Waals surface area contributed by atoms with E-state index in [1.807, 2.05) is 6.79 Å². The van der Waals surface area contributed by atoms with Gasteiger partial charge in [0, 0.05) is 2.85 Å². The van der Waals surface area contributed by atoms with Gasteiger partial charge < -0.3 is 4.79 Å². The molecule has 1 saturated carbocycles. The molecule has 0 aromatic heterocycles. The molecule has 1 atom stereocenters. The second-order valence-corrected chi connectivity index (χ2v) is 12.2. The number of benzene rings is 3. The van der Waals surface area contributed by atoms with Gasteiger partial charge in [0.15, 0.2) is 0 Å². The van der Waals surface area contributed by atoms with Crippen LogP contribution in [0.5, 0.6) is 0 Å². The van der Waals surface area contributed by atoms with Crippen LogP contribution >= 0.6 is 0 Å². The molecule has 3 aromatic carbocycles. The van der Waals surface area contributed by atoms with Crippen LogP contribution in [0, 0.1) is 11.8 Å². The first-order valence-electron chi connectivity index (χ1n) is 15.8. The van der Waals surface area contributed by atoms with Crippen molar-refractivity contribution in [2.75, 3.05) is 0 Å². The Balaban J connectivity index is 0.00000144. The van der Waals surface area contributed by atoms with Gasteiger partial charge in [0.05, 0.1) is 0 Å². The fourth-order valence-corrected chi connectivity index (χ4v) is 6.86. The second-order valence-electron chi connectivity index (χ2n) is 12.2. The molecular weight excluding hydrogens is 472 g/mol. The average molecular weight is 527 g/mol. The molecule has 1 heteroatoms. The Morgan fingerprint density at radius 2 is 1.13 bits per heavy atom. The van der Waals surface area contributed by atoms with Gasteiger partial charge in [0.25, 0.3) is 0 Å². The lowest BCUT2D eigenvalue weighted by Gasteiger charge is -2.25. The van der Waals surface area contributed by atoms with Gasteiger partial charge in [-0.15, -0.1) is 0 Å². The topological polar surface area (TPSA) is 17.1 Å². The molecular formula is C38H54O. The molecule has 0 bridgehead atoms. The Morgan fingerprint density at radius 1 is 0.615 bits per heavy atom. The lowest BCUT2D eigenvalue weighted by Crippen LogP contribution is -2.15. The SMILES string of the molecule is C=O.CCCc1ccc(CCCc2ccc3c(c2)CC[C@H](CCc2ccc(CCC4CCCC4)cc2)C3)cc1.[HH].[HH]. The number of carbonyl (C=O) groups is 1. The van der Waals surface area contributed by atoms with Crippen LogP contribution in [0.15, 0.2) is 66.7 Å². The maximum Gasteiger partial charge on any atom is 0.106 e. The summed E-state index contributed by atoms with van der Waals surface area (Å²) in [6.45, 7) is 4.25. The Labute approximate surface area is 241 Å². The van der Waals surface area contributed by atoms with Gasteiger partial charge >= 0.3 is 0 Å². The zero-order chi connectivity index (χ0) is 27.3. The molecule has 0 spiro atoms. The van der Waals surface area contributed by atoms with Gasteiger partial charge in [-0.1, -0.05) is 106 Å². The van der Waals surface area contributed by atoms with Gasteiger partial charge in [-0.05, 0) is 121 Å². The van der Waals surface area contributed by atoms with Crippen LogP contribution in [0.3, 0.4) is 0 Å². The minimum Gasteiger partial charge on any atom is -0.307 e. The van der Waals surface area contributed by atoms with E-state index in [0.717, 1.165) is 11.8 Å². The molecule has 0 saturated heterocycles. The van der Waals surface area contributed by atoms with E-state index >= 15 is 0 Å². The number of hydrogen-bond acceptors (Lipinski definition) is 1. The van der Waals surface area contributed by atoms with Crippen LogP contribution in [0.2, 0.25) is 0 Å². The molecule has 0 N–H and O–H groups in total. The van der Waals surface area contributed by atoms with Crippen molar-refractivity contribution in [3.63, 3.8) is 0 Å². The number of carbonyl (C=O) groups excluding carboxylic acids is 1. The molecule has 39 heavy (non-hydrogen) atoms. The summed E-state index contributed by atoms with van der Waals surface area (Å²) >= 11 is 0. The van der Waals surface area contributed by atoms with Crippen molar-refractivity contribution in [3.8, 4) is 0 Å². The molecule has 0 heterocycles. The van der Waals surface area contributed by atoms with Crippen LogP contribution in [-0.2, 0) is 49.7 Å². The average Bonchev–Trinajstić information content (AvgIpc) is 3.51. The third-order valence-corrected chi connectivity index (χ3v) is 9.27. The summed E-state index contributed by atoms with van der Waals surface area (Å²) in [5, 5.41) is 0. The minimum absolute atomic E-state index is 0. The van der Waals surface area contributed by atoms with E-state index in [-0.39, 0.29) is 2.85 Å². The van der Waals surface area contributed by atoms with E-state index in [1.54, 1.807) is 16.7 Å². The largest absolute Gasteiger partial charge is 0.307 e. The van der Waals surface area contributed by atoms with Gasteiger partial charge in [-0.2, -0.15) is 0 Å². The van der Waals surface area contributed by atoms with Crippen molar-refractivity contribution in [1.29, 1.82) is 0 Å². The Hall–Kier alpha value is -2.67. The van der Waals surface area contributed by atoms with E-state index in [0.29, 0.717) is 0 Å². The predicted octanol–water partition coefficient (Wildman–Crippen LogP) is 9.98. The molecule has 212 valence electrons. The van der Waals surface area contributed by atoms with Crippen molar-refractivity contribution < 1.29 is 7.65 Å². The first-order chi connectivity index (χ1) is 19.2. The van der Waals surface area contributed by atoms with Gasteiger partial charge in [0.1, 0.15) is 6.79 Å². The van der Waals surface area contributed by atoms with E-state index in [4.69, 9.17) is 4.79 Å². The fourth-order valence-electron chi connectivity index (χ4n) is 6.86. The lowest BCUT2D eigenvalue weighted by molar-refractivity contribution is -0.0979. The van der Waals surface area contributed by atoms with E-state index in [9.17, 15) is 0 Å². The number of fused-ring (bicyclic) bond motifs is 1. The molecule has 0 unspecified atom stereocenters. The zero-order valence-corrected chi connectivity index (χ0v) is 24.4. The van der Waals surface area contributed by atoms with Gasteiger partial charge in [-0.25, -0.2) is 0 Å². The molecule has 2 aliphatic rings. The molecule has 0 amide bonds. The number of rotatable bonds is 12. The van der Waals surface area contributed by atoms with Gasteiger partial charge in [0.2, 0.25) is 0 Å². The lowest BCUT2D eigenvalue weighted by atomic mass is 9.80. The van der Waals surface area contributed by atoms with E-state index in [1.165, 1.54) is 125 Å². The Kier molecular flexibility index (Phi) is 11.9. The van der Waals surface area contributed by atoms with Crippen molar-refractivity contribution in [2.24, 2.45) is 11.8 Å². The second kappa shape index (κ2) is 15.8. The zero-order valence-electron chi connectivity index (χ0n) is 24.4. The summed E-state index contributed by atoms with van der Waals surface area (Å²) in [4.78, 5) is 8.00. The van der Waals surface area contributed by atoms with Crippen LogP contribution in [0.1, 0.15) is 107 Å². The summed E-state index contributed by atoms with van der Waals surface area (Å²) in [5.41, 5.74) is 10.8. The predicted molar refractivity (Wildman–Crippen MR) is 171 cm³/mol. The highest BCUT2D eigenvalue weighted by molar-refractivity contribution is 5.35. The molecule has 0 radical (unpaired) electrons. The van der Waals surface area contributed by atoms with Crippen molar-refractivity contribution >= 4 is 6.79 Å². The summed E-state index contributed by atoms with van der Waals surface area (Å²) in [7, 11) is 0. The summed E-state index contributed by atoms with van der Waals surface area (Å²) in [6, 6.07) is 26.3. The molecule has 1 nitrogen and oxygen atoms in total. The first kappa shape index (κ1) is 29.3. The van der Waals surface area contributed by atoms with E-state index in [2.05, 4.69) is 73.7 Å². The summed E-state index contributed by atoms with van der Waals surface area (Å²) in [6.07, 6.45) is 21.1. The number of hydrogen-bond donors (Lipinski definition) is 0. The quantitative estimate of drug-likeness (QED) is 0.229. The summed E-state index contributed by atoms with van der Waals surface area (Å²) in [5.74, 6) is 1.84. The molecule has 5 rings (SSSR count). The molecule has 1 fully saturated rings. The molecule has 3 aromatic rings. The minimum atomic E-state index is 0. The van der Waals surface area contributed by atoms with E-state index < -0.39 is 0 Å². The standard InChI is InChI=1S/C37H48.CH2O.2H2/c1-2-6-29-11-14-31(15-12-29)9-5-10-34-23-25-37-28-35(24-26-36(37)27-34)22-21-33-19-17-32(18-20-33)16-13-30-7-3-4-8-30;1-2;;/h11-12,14-15,17-20,23,25,27,30,35H,2-10,13,16,21-22,24,26,28H2,1H3;1H2;2*1H/t35-;;;/m0.../s1. The highest BCUT2D eigenvalue weighted by atomic mass is 16.1. The van der Waals surface area contributed by atoms with Crippen molar-refractivity contribution in [2.45, 2.75) is 110 Å². The normalized spacial score (nSPS) is 16.9. The first-order valence-corrected chi connectivity index (χ1v) is 15.8. The number of aryl methyl sites for hydroxylation is 6.